The highest BCUT2D eigenvalue weighted by molar-refractivity contribution is 5.89. The molecule has 0 aromatic heterocycles. The Balaban J connectivity index is 3.10. The zero-order chi connectivity index (χ0) is 21.5. The van der Waals surface area contributed by atoms with Crippen LogP contribution < -0.4 is 0 Å². The molecule has 0 saturated heterocycles. The van der Waals surface area contributed by atoms with Crippen molar-refractivity contribution in [3.63, 3.8) is 0 Å². The Morgan fingerprint density at radius 1 is 1.11 bits per heavy atom. The third-order valence-corrected chi connectivity index (χ3v) is 4.53. The van der Waals surface area contributed by atoms with Crippen molar-refractivity contribution in [2.24, 2.45) is 11.8 Å². The minimum atomic E-state index is -1.58. The molecule has 1 aromatic rings. The Bertz CT molecular complexity index is 667. The molecule has 0 aliphatic carbocycles. The molecule has 1 rings (SSSR count). The van der Waals surface area contributed by atoms with Crippen LogP contribution in [0.5, 0.6) is 0 Å². The van der Waals surface area contributed by atoms with E-state index in [-0.39, 0.29) is 6.61 Å². The standard InChI is InChI=1S/C21H31NO6/c1-15(2)21(16(3)13-23,22(7)19(25)27-20(4,5)6)18(24)28-26-14-17-11-9-8-10-12-17/h8-13,15-16H,14H2,1-7H3/t16?,21-/m0/s1. The van der Waals surface area contributed by atoms with Crippen molar-refractivity contribution in [3.8, 4) is 0 Å². The number of hydrogen-bond acceptors (Lipinski definition) is 6. The predicted octanol–water partition coefficient (Wildman–Crippen LogP) is 3.76. The van der Waals surface area contributed by atoms with Crippen LogP contribution in [0.15, 0.2) is 30.3 Å². The Labute approximate surface area is 166 Å². The van der Waals surface area contributed by atoms with Gasteiger partial charge in [-0.2, -0.15) is 4.89 Å². The van der Waals surface area contributed by atoms with Crippen LogP contribution in [0.2, 0.25) is 0 Å². The summed E-state index contributed by atoms with van der Waals surface area (Å²) in [4.78, 5) is 48.7. The number of nitrogens with zero attached hydrogens (tertiary/aromatic N) is 1. The minimum absolute atomic E-state index is 0.0480. The van der Waals surface area contributed by atoms with Crippen LogP contribution in [0.25, 0.3) is 0 Å². The first kappa shape index (κ1) is 23.6. The fraction of sp³-hybridized carbons (Fsp3) is 0.571. The lowest BCUT2D eigenvalue weighted by Gasteiger charge is -2.44. The predicted molar refractivity (Wildman–Crippen MR) is 104 cm³/mol. The molecule has 0 spiro atoms. The summed E-state index contributed by atoms with van der Waals surface area (Å²) in [6.07, 6.45) is -0.103. The Morgan fingerprint density at radius 2 is 1.68 bits per heavy atom. The van der Waals surface area contributed by atoms with Gasteiger partial charge < -0.3 is 9.53 Å². The highest BCUT2D eigenvalue weighted by Gasteiger charge is 2.54. The van der Waals surface area contributed by atoms with E-state index < -0.39 is 35.0 Å². The quantitative estimate of drug-likeness (QED) is 0.380. The molecule has 28 heavy (non-hydrogen) atoms. The number of likely N-dealkylation sites (N-methyl/N-ethyl adjacent to an activating group) is 1. The molecule has 2 atom stereocenters. The van der Waals surface area contributed by atoms with Crippen molar-refractivity contribution < 1.29 is 28.9 Å². The number of benzene rings is 1. The number of amides is 1. The van der Waals surface area contributed by atoms with Crippen LogP contribution in [-0.2, 0) is 30.7 Å². The van der Waals surface area contributed by atoms with E-state index in [9.17, 15) is 14.4 Å². The van der Waals surface area contributed by atoms with Gasteiger partial charge in [0.05, 0.1) is 0 Å². The van der Waals surface area contributed by atoms with Crippen molar-refractivity contribution >= 4 is 18.3 Å². The van der Waals surface area contributed by atoms with Crippen molar-refractivity contribution in [3.05, 3.63) is 35.9 Å². The van der Waals surface area contributed by atoms with E-state index in [1.807, 2.05) is 30.3 Å². The van der Waals surface area contributed by atoms with Crippen molar-refractivity contribution in [1.82, 2.24) is 4.90 Å². The maximum Gasteiger partial charge on any atom is 0.411 e. The van der Waals surface area contributed by atoms with E-state index in [4.69, 9.17) is 14.5 Å². The molecule has 7 heteroatoms. The summed E-state index contributed by atoms with van der Waals surface area (Å²) in [5.74, 6) is -2.12. The smallest absolute Gasteiger partial charge is 0.411 e. The van der Waals surface area contributed by atoms with Crippen LogP contribution >= 0.6 is 0 Å². The molecule has 0 aliphatic heterocycles. The lowest BCUT2D eigenvalue weighted by atomic mass is 9.75. The van der Waals surface area contributed by atoms with Crippen molar-refractivity contribution in [2.75, 3.05) is 7.05 Å². The number of hydrogen-bond donors (Lipinski definition) is 0. The number of carbonyl (C=O) groups excluding carboxylic acids is 3. The van der Waals surface area contributed by atoms with Gasteiger partial charge in [0.2, 0.25) is 0 Å². The molecular formula is C21H31NO6. The zero-order valence-electron chi connectivity index (χ0n) is 17.7. The van der Waals surface area contributed by atoms with Gasteiger partial charge in [0.1, 0.15) is 18.5 Å². The molecule has 156 valence electrons. The monoisotopic (exact) mass is 393 g/mol. The molecular weight excluding hydrogens is 362 g/mol. The molecule has 1 amide bonds. The average molecular weight is 393 g/mol. The second-order valence-corrected chi connectivity index (χ2v) is 8.06. The summed E-state index contributed by atoms with van der Waals surface area (Å²) < 4.78 is 5.40. The molecule has 0 N–H and O–H groups in total. The number of rotatable bonds is 8. The molecule has 1 aromatic carbocycles. The molecule has 0 bridgehead atoms. The summed E-state index contributed by atoms with van der Waals surface area (Å²) >= 11 is 0. The number of carbonyl (C=O) groups is 3. The van der Waals surface area contributed by atoms with Crippen LogP contribution in [-0.4, -0.2) is 41.4 Å². The average Bonchev–Trinajstić information content (AvgIpc) is 2.61. The van der Waals surface area contributed by atoms with E-state index in [1.54, 1.807) is 41.5 Å². The molecule has 7 nitrogen and oxygen atoms in total. The van der Waals surface area contributed by atoms with Gasteiger partial charge >= 0.3 is 12.1 Å². The van der Waals surface area contributed by atoms with Gasteiger partial charge in [0.15, 0.2) is 5.54 Å². The normalized spacial score (nSPS) is 14.7. The van der Waals surface area contributed by atoms with Gasteiger partial charge in [0.25, 0.3) is 0 Å². The fourth-order valence-corrected chi connectivity index (χ4v) is 3.15. The number of ether oxygens (including phenoxy) is 1. The zero-order valence-corrected chi connectivity index (χ0v) is 17.7. The van der Waals surface area contributed by atoms with Gasteiger partial charge in [-0.3, -0.25) is 9.79 Å². The molecule has 0 heterocycles. The van der Waals surface area contributed by atoms with Crippen LogP contribution in [0.1, 0.15) is 47.1 Å². The first-order valence-electron chi connectivity index (χ1n) is 9.26. The number of aldehydes is 1. The molecule has 0 radical (unpaired) electrons. The maximum atomic E-state index is 13.1. The molecule has 0 fully saturated rings. The first-order chi connectivity index (χ1) is 13.0. The largest absolute Gasteiger partial charge is 0.444 e. The van der Waals surface area contributed by atoms with Gasteiger partial charge in [-0.25, -0.2) is 9.59 Å². The first-order valence-corrected chi connectivity index (χ1v) is 9.26. The lowest BCUT2D eigenvalue weighted by molar-refractivity contribution is -0.291. The fourth-order valence-electron chi connectivity index (χ4n) is 3.15. The summed E-state index contributed by atoms with van der Waals surface area (Å²) in [6.45, 7) is 10.2. The van der Waals surface area contributed by atoms with Crippen LogP contribution in [0, 0.1) is 11.8 Å². The van der Waals surface area contributed by atoms with E-state index in [0.717, 1.165) is 10.5 Å². The Morgan fingerprint density at radius 3 is 2.14 bits per heavy atom. The van der Waals surface area contributed by atoms with Crippen molar-refractivity contribution in [1.29, 1.82) is 0 Å². The second-order valence-electron chi connectivity index (χ2n) is 8.06. The van der Waals surface area contributed by atoms with Gasteiger partial charge in [-0.05, 0) is 32.3 Å². The third-order valence-electron chi connectivity index (χ3n) is 4.53. The summed E-state index contributed by atoms with van der Waals surface area (Å²) in [5.41, 5.74) is -1.53. The van der Waals surface area contributed by atoms with Crippen LogP contribution in [0.4, 0.5) is 4.79 Å². The minimum Gasteiger partial charge on any atom is -0.444 e. The topological polar surface area (TPSA) is 82.1 Å². The highest BCUT2D eigenvalue weighted by Crippen LogP contribution is 2.34. The Kier molecular flexibility index (Phi) is 8.17. The molecule has 0 saturated carbocycles. The molecule has 1 unspecified atom stereocenters. The molecule has 0 aliphatic rings. The van der Waals surface area contributed by atoms with Gasteiger partial charge in [-0.1, -0.05) is 51.1 Å². The van der Waals surface area contributed by atoms with E-state index in [0.29, 0.717) is 6.29 Å². The van der Waals surface area contributed by atoms with Gasteiger partial charge in [-0.15, -0.1) is 0 Å². The van der Waals surface area contributed by atoms with Crippen LogP contribution in [0.3, 0.4) is 0 Å². The summed E-state index contributed by atoms with van der Waals surface area (Å²) in [5, 5.41) is 0. The van der Waals surface area contributed by atoms with E-state index >= 15 is 0 Å². The summed E-state index contributed by atoms with van der Waals surface area (Å²) in [6, 6.07) is 9.18. The SMILES string of the molecule is CC(C)[C@@](C(=O)OOCc1ccccc1)(C(C)C=O)N(C)C(=O)OC(C)(C)C. The van der Waals surface area contributed by atoms with Crippen molar-refractivity contribution in [2.45, 2.75) is 59.3 Å². The van der Waals surface area contributed by atoms with E-state index in [2.05, 4.69) is 0 Å². The van der Waals surface area contributed by atoms with Gasteiger partial charge in [0, 0.05) is 13.0 Å². The third kappa shape index (κ3) is 5.55. The second kappa shape index (κ2) is 9.68. The maximum absolute atomic E-state index is 13.1. The highest BCUT2D eigenvalue weighted by atomic mass is 17.2. The lowest BCUT2D eigenvalue weighted by Crippen LogP contribution is -2.64. The Hall–Kier alpha value is -2.41. The summed E-state index contributed by atoms with van der Waals surface area (Å²) in [7, 11) is 1.42. The van der Waals surface area contributed by atoms with E-state index in [1.165, 1.54) is 7.05 Å².